The van der Waals surface area contributed by atoms with Crippen LogP contribution in [0.15, 0.2) is 48.2 Å². The molecule has 3 aromatic rings. The number of rotatable bonds is 4. The Morgan fingerprint density at radius 1 is 1.22 bits per heavy atom. The van der Waals surface area contributed by atoms with Crippen molar-refractivity contribution in [2.45, 2.75) is 18.8 Å². The molecule has 0 atom stereocenters. The van der Waals surface area contributed by atoms with Gasteiger partial charge in [-0.3, -0.25) is 4.79 Å². The van der Waals surface area contributed by atoms with Gasteiger partial charge >= 0.3 is 0 Å². The van der Waals surface area contributed by atoms with Gasteiger partial charge in [-0.1, -0.05) is 12.1 Å². The molecule has 0 unspecified atom stereocenters. The number of ether oxygens (including phenoxy) is 1. The molecule has 2 aromatic heterocycles. The fraction of sp³-hybridized carbons (Fsp3) is 0.300. The van der Waals surface area contributed by atoms with E-state index in [9.17, 15) is 4.79 Å². The highest BCUT2D eigenvalue weighted by atomic mass is 32.1. The van der Waals surface area contributed by atoms with E-state index in [1.54, 1.807) is 30.7 Å². The van der Waals surface area contributed by atoms with Gasteiger partial charge in [0.15, 0.2) is 0 Å². The van der Waals surface area contributed by atoms with Crippen LogP contribution in [-0.2, 0) is 0 Å². The minimum Gasteiger partial charge on any atom is -0.496 e. The van der Waals surface area contributed by atoms with Crippen molar-refractivity contribution < 1.29 is 9.53 Å². The number of para-hydroxylation sites is 1. The molecular weight excluding hydrogens is 360 g/mol. The third kappa shape index (κ3) is 3.68. The molecule has 0 aliphatic carbocycles. The van der Waals surface area contributed by atoms with Crippen molar-refractivity contribution in [3.05, 3.63) is 58.9 Å². The number of piperidine rings is 1. The van der Waals surface area contributed by atoms with Crippen LogP contribution in [0, 0.1) is 0 Å². The smallest absolute Gasteiger partial charge is 0.272 e. The summed E-state index contributed by atoms with van der Waals surface area (Å²) in [4.78, 5) is 27.2. The average molecular weight is 380 g/mol. The minimum atomic E-state index is -0.0234. The van der Waals surface area contributed by atoms with E-state index in [2.05, 4.69) is 15.3 Å². The Morgan fingerprint density at radius 2 is 2.04 bits per heavy atom. The molecule has 1 amide bonds. The average Bonchev–Trinajstić information content (AvgIpc) is 3.24. The van der Waals surface area contributed by atoms with Gasteiger partial charge in [0.2, 0.25) is 0 Å². The summed E-state index contributed by atoms with van der Waals surface area (Å²) in [6.07, 6.45) is 4.84. The summed E-state index contributed by atoms with van der Waals surface area (Å²) >= 11 is 1.69. The maximum atomic E-state index is 12.5. The summed E-state index contributed by atoms with van der Waals surface area (Å²) in [5.41, 5.74) is 2.42. The highest BCUT2D eigenvalue weighted by molar-refractivity contribution is 7.10. The molecule has 138 valence electrons. The van der Waals surface area contributed by atoms with Gasteiger partial charge in [-0.15, -0.1) is 11.3 Å². The first-order valence-electron chi connectivity index (χ1n) is 8.90. The topological polar surface area (TPSA) is 68.2 Å². The predicted octanol–water partition coefficient (Wildman–Crippen LogP) is 3.63. The Labute approximate surface area is 161 Å². The summed E-state index contributed by atoms with van der Waals surface area (Å²) in [6.45, 7) is 1.44. The largest absolute Gasteiger partial charge is 0.496 e. The molecule has 6 nitrogen and oxygen atoms in total. The Kier molecular flexibility index (Phi) is 5.11. The number of carbonyl (C=O) groups is 1. The standard InChI is InChI=1S/C20H20N4O2S/c1-26-18-5-3-2-4-15(18)17-12-27-19(23-17)14-7-10-24(11-8-14)20(25)16-6-9-21-13-22-16/h2-6,9,12-14H,7-8,10-11H2,1H3. The van der Waals surface area contributed by atoms with Crippen molar-refractivity contribution in [3.63, 3.8) is 0 Å². The lowest BCUT2D eigenvalue weighted by molar-refractivity contribution is 0.0706. The highest BCUT2D eigenvalue weighted by Gasteiger charge is 2.27. The van der Waals surface area contributed by atoms with Gasteiger partial charge in [0.25, 0.3) is 5.91 Å². The van der Waals surface area contributed by atoms with E-state index in [0.29, 0.717) is 11.6 Å². The third-order valence-electron chi connectivity index (χ3n) is 4.84. The lowest BCUT2D eigenvalue weighted by atomic mass is 9.97. The zero-order chi connectivity index (χ0) is 18.6. The predicted molar refractivity (Wildman–Crippen MR) is 104 cm³/mol. The zero-order valence-corrected chi connectivity index (χ0v) is 15.9. The molecule has 0 spiro atoms. The Balaban J connectivity index is 1.43. The molecule has 1 aromatic carbocycles. The van der Waals surface area contributed by atoms with E-state index in [-0.39, 0.29) is 5.91 Å². The molecule has 7 heteroatoms. The van der Waals surface area contributed by atoms with E-state index >= 15 is 0 Å². The van der Waals surface area contributed by atoms with E-state index < -0.39 is 0 Å². The molecule has 0 bridgehead atoms. The lowest BCUT2D eigenvalue weighted by Gasteiger charge is -2.30. The quantitative estimate of drug-likeness (QED) is 0.691. The second kappa shape index (κ2) is 7.84. The van der Waals surface area contributed by atoms with Crippen LogP contribution in [0.4, 0.5) is 0 Å². The van der Waals surface area contributed by atoms with Gasteiger partial charge in [0, 0.05) is 36.1 Å². The summed E-state index contributed by atoms with van der Waals surface area (Å²) in [6, 6.07) is 9.59. The fourth-order valence-electron chi connectivity index (χ4n) is 3.36. The number of methoxy groups -OCH3 is 1. The first-order chi connectivity index (χ1) is 13.3. The van der Waals surface area contributed by atoms with Gasteiger partial charge in [-0.2, -0.15) is 0 Å². The van der Waals surface area contributed by atoms with Crippen LogP contribution < -0.4 is 4.74 Å². The number of hydrogen-bond acceptors (Lipinski definition) is 6. The van der Waals surface area contributed by atoms with Crippen molar-refractivity contribution in [1.82, 2.24) is 19.9 Å². The molecule has 3 heterocycles. The van der Waals surface area contributed by atoms with Crippen LogP contribution in [-0.4, -0.2) is 46.0 Å². The van der Waals surface area contributed by atoms with Crippen LogP contribution in [0.3, 0.4) is 0 Å². The van der Waals surface area contributed by atoms with Crippen LogP contribution in [0.5, 0.6) is 5.75 Å². The van der Waals surface area contributed by atoms with E-state index in [1.165, 1.54) is 6.33 Å². The number of amides is 1. The number of aromatic nitrogens is 3. The van der Waals surface area contributed by atoms with Crippen LogP contribution in [0.25, 0.3) is 11.3 Å². The van der Waals surface area contributed by atoms with E-state index in [4.69, 9.17) is 9.72 Å². The summed E-state index contributed by atoms with van der Waals surface area (Å²) < 4.78 is 5.45. The number of thiazole rings is 1. The van der Waals surface area contributed by atoms with Crippen LogP contribution >= 0.6 is 11.3 Å². The molecule has 1 saturated heterocycles. The number of nitrogens with zero attached hydrogens (tertiary/aromatic N) is 4. The maximum Gasteiger partial charge on any atom is 0.272 e. The summed E-state index contributed by atoms with van der Waals surface area (Å²) in [7, 11) is 1.68. The third-order valence-corrected chi connectivity index (χ3v) is 5.84. The van der Waals surface area contributed by atoms with Gasteiger partial charge in [0.05, 0.1) is 17.8 Å². The number of carbonyl (C=O) groups excluding carboxylic acids is 1. The number of benzene rings is 1. The molecule has 1 aliphatic rings. The van der Waals surface area contributed by atoms with Gasteiger partial charge in [-0.05, 0) is 31.0 Å². The minimum absolute atomic E-state index is 0.0234. The molecule has 0 N–H and O–H groups in total. The molecule has 4 rings (SSSR count). The first kappa shape index (κ1) is 17.6. The number of hydrogen-bond donors (Lipinski definition) is 0. The number of likely N-dealkylation sites (tertiary alicyclic amines) is 1. The second-order valence-electron chi connectivity index (χ2n) is 6.43. The van der Waals surface area contributed by atoms with Gasteiger partial charge < -0.3 is 9.64 Å². The lowest BCUT2D eigenvalue weighted by Crippen LogP contribution is -2.38. The van der Waals surface area contributed by atoms with Gasteiger partial charge in [0.1, 0.15) is 17.8 Å². The Morgan fingerprint density at radius 3 is 2.78 bits per heavy atom. The van der Waals surface area contributed by atoms with Crippen molar-refractivity contribution >= 4 is 17.2 Å². The van der Waals surface area contributed by atoms with Crippen molar-refractivity contribution in [2.24, 2.45) is 0 Å². The van der Waals surface area contributed by atoms with E-state index in [0.717, 1.165) is 47.9 Å². The molecular formula is C20H20N4O2S. The second-order valence-corrected chi connectivity index (χ2v) is 7.32. The molecule has 0 radical (unpaired) electrons. The zero-order valence-electron chi connectivity index (χ0n) is 15.0. The van der Waals surface area contributed by atoms with Crippen molar-refractivity contribution in [3.8, 4) is 17.0 Å². The molecule has 27 heavy (non-hydrogen) atoms. The highest BCUT2D eigenvalue weighted by Crippen LogP contribution is 2.35. The first-order valence-corrected chi connectivity index (χ1v) is 9.78. The van der Waals surface area contributed by atoms with Crippen LogP contribution in [0.1, 0.15) is 34.3 Å². The Hall–Kier alpha value is -2.80. The summed E-state index contributed by atoms with van der Waals surface area (Å²) in [5, 5.41) is 3.22. The SMILES string of the molecule is COc1ccccc1-c1csc(C2CCN(C(=O)c3ccncn3)CC2)n1. The summed E-state index contributed by atoms with van der Waals surface area (Å²) in [5.74, 6) is 1.19. The molecule has 1 fully saturated rings. The molecule has 1 aliphatic heterocycles. The van der Waals surface area contributed by atoms with Gasteiger partial charge in [-0.25, -0.2) is 15.0 Å². The molecule has 0 saturated carbocycles. The maximum absolute atomic E-state index is 12.5. The Bertz CT molecular complexity index is 920. The normalized spacial score (nSPS) is 14.9. The van der Waals surface area contributed by atoms with E-state index in [1.807, 2.05) is 29.2 Å². The van der Waals surface area contributed by atoms with Crippen LogP contribution in [0.2, 0.25) is 0 Å². The fourth-order valence-corrected chi connectivity index (χ4v) is 4.36. The van der Waals surface area contributed by atoms with Crippen molar-refractivity contribution in [2.75, 3.05) is 20.2 Å². The monoisotopic (exact) mass is 380 g/mol. The van der Waals surface area contributed by atoms with Crippen molar-refractivity contribution in [1.29, 1.82) is 0 Å².